The summed E-state index contributed by atoms with van der Waals surface area (Å²) in [6.45, 7) is 1.15. The smallest absolute Gasteiger partial charge is 0.407 e. The third-order valence-electron chi connectivity index (χ3n) is 6.06. The second-order valence-electron chi connectivity index (χ2n) is 7.54. The van der Waals surface area contributed by atoms with E-state index in [9.17, 15) is 14.4 Å². The number of nitrogens with zero attached hydrogens (tertiary/aromatic N) is 1. The van der Waals surface area contributed by atoms with E-state index in [-0.39, 0.29) is 11.8 Å². The van der Waals surface area contributed by atoms with Crippen LogP contribution in [0.25, 0.3) is 0 Å². The Morgan fingerprint density at radius 2 is 1.82 bits per heavy atom. The molecule has 3 rings (SSSR count). The normalized spacial score (nSPS) is 27.1. The van der Waals surface area contributed by atoms with Crippen molar-refractivity contribution in [3.05, 3.63) is 35.9 Å². The number of amides is 2. The molecular weight excluding hydrogens is 360 g/mol. The van der Waals surface area contributed by atoms with Gasteiger partial charge in [0, 0.05) is 19.0 Å². The number of carbonyl (C=O) groups excluding carboxylic acids is 3. The summed E-state index contributed by atoms with van der Waals surface area (Å²) in [5, 5.41) is 2.71. The average molecular weight is 388 g/mol. The molecule has 1 aromatic rings. The van der Waals surface area contributed by atoms with E-state index >= 15 is 0 Å². The molecule has 7 nitrogen and oxygen atoms in total. The molecule has 2 fully saturated rings. The minimum absolute atomic E-state index is 0.246. The lowest BCUT2D eigenvalue weighted by Gasteiger charge is -2.42. The highest BCUT2D eigenvalue weighted by Gasteiger charge is 2.57. The van der Waals surface area contributed by atoms with Gasteiger partial charge in [-0.1, -0.05) is 43.2 Å². The summed E-state index contributed by atoms with van der Waals surface area (Å²) in [5.41, 5.74) is -0.204. The molecule has 2 amide bonds. The molecule has 1 aromatic carbocycles. The Labute approximate surface area is 165 Å². The molecule has 2 aliphatic rings. The number of methoxy groups -OCH3 is 2. The molecule has 0 unspecified atom stereocenters. The summed E-state index contributed by atoms with van der Waals surface area (Å²) in [6.07, 6.45) is 2.66. The summed E-state index contributed by atoms with van der Waals surface area (Å²) in [5.74, 6) is -0.587. The topological polar surface area (TPSA) is 84.9 Å². The maximum atomic E-state index is 13.6. The number of esters is 1. The number of nitrogens with one attached hydrogen (secondary N) is 1. The lowest BCUT2D eigenvalue weighted by atomic mass is 9.69. The fourth-order valence-electron chi connectivity index (χ4n) is 4.56. The highest BCUT2D eigenvalue weighted by molar-refractivity contribution is 6.04. The first-order valence-corrected chi connectivity index (χ1v) is 9.80. The van der Waals surface area contributed by atoms with E-state index in [1.807, 2.05) is 18.2 Å². The summed E-state index contributed by atoms with van der Waals surface area (Å²) in [7, 11) is 2.56. The first-order chi connectivity index (χ1) is 13.5. The zero-order valence-corrected chi connectivity index (χ0v) is 16.5. The monoisotopic (exact) mass is 388 g/mol. The van der Waals surface area contributed by atoms with Crippen LogP contribution in [0.3, 0.4) is 0 Å². The van der Waals surface area contributed by atoms with Gasteiger partial charge in [0.2, 0.25) is 5.91 Å². The Balaban J connectivity index is 1.85. The predicted molar refractivity (Wildman–Crippen MR) is 103 cm³/mol. The van der Waals surface area contributed by atoms with Crippen LogP contribution >= 0.6 is 0 Å². The Kier molecular flexibility index (Phi) is 6.21. The van der Waals surface area contributed by atoms with Crippen molar-refractivity contribution in [3.8, 4) is 0 Å². The SMILES string of the molecule is COC(=O)N[C@H]1CCCC[C@@]1(C(=O)OC)C(=O)N1CC[C@H](c2ccccc2)C1. The van der Waals surface area contributed by atoms with Crippen molar-refractivity contribution < 1.29 is 23.9 Å². The molecule has 0 bridgehead atoms. The molecule has 1 saturated carbocycles. The number of ether oxygens (including phenoxy) is 2. The van der Waals surface area contributed by atoms with Crippen LogP contribution in [0, 0.1) is 5.41 Å². The van der Waals surface area contributed by atoms with Crippen molar-refractivity contribution in [3.63, 3.8) is 0 Å². The predicted octanol–water partition coefficient (Wildman–Crippen LogP) is 2.46. The van der Waals surface area contributed by atoms with E-state index in [0.717, 1.165) is 19.3 Å². The van der Waals surface area contributed by atoms with Crippen LogP contribution in [0.4, 0.5) is 4.79 Å². The Morgan fingerprint density at radius 1 is 1.07 bits per heavy atom. The molecular formula is C21H28N2O5. The van der Waals surface area contributed by atoms with Crippen LogP contribution in [-0.4, -0.2) is 56.2 Å². The van der Waals surface area contributed by atoms with Gasteiger partial charge in [-0.3, -0.25) is 9.59 Å². The molecule has 1 N–H and O–H groups in total. The van der Waals surface area contributed by atoms with Gasteiger partial charge in [-0.15, -0.1) is 0 Å². The number of alkyl carbamates (subject to hydrolysis) is 1. The summed E-state index contributed by atoms with van der Waals surface area (Å²) in [4.78, 5) is 40.1. The molecule has 1 heterocycles. The fraction of sp³-hybridized carbons (Fsp3) is 0.571. The number of carbonyl (C=O) groups is 3. The number of rotatable bonds is 4. The minimum atomic E-state index is -1.40. The summed E-state index contributed by atoms with van der Waals surface area (Å²) in [6, 6.07) is 9.46. The van der Waals surface area contributed by atoms with Gasteiger partial charge in [0.15, 0.2) is 5.41 Å². The van der Waals surface area contributed by atoms with Crippen molar-refractivity contribution in [1.82, 2.24) is 10.2 Å². The number of hydrogen-bond donors (Lipinski definition) is 1. The fourth-order valence-corrected chi connectivity index (χ4v) is 4.56. The number of likely N-dealkylation sites (tertiary alicyclic amines) is 1. The largest absolute Gasteiger partial charge is 0.468 e. The molecule has 0 aromatic heterocycles. The van der Waals surface area contributed by atoms with Crippen molar-refractivity contribution >= 4 is 18.0 Å². The third kappa shape index (κ3) is 3.70. The van der Waals surface area contributed by atoms with Crippen LogP contribution in [-0.2, 0) is 19.1 Å². The lowest BCUT2D eigenvalue weighted by molar-refractivity contribution is -0.167. The van der Waals surface area contributed by atoms with Gasteiger partial charge < -0.3 is 19.7 Å². The second-order valence-corrected chi connectivity index (χ2v) is 7.54. The van der Waals surface area contributed by atoms with Crippen LogP contribution < -0.4 is 5.32 Å². The molecule has 1 saturated heterocycles. The zero-order valence-electron chi connectivity index (χ0n) is 16.5. The molecule has 0 spiro atoms. The Hall–Kier alpha value is -2.57. The van der Waals surface area contributed by atoms with Gasteiger partial charge in [-0.2, -0.15) is 0 Å². The first kappa shape index (κ1) is 20.2. The standard InChI is InChI=1S/C21H28N2O5/c1-27-19(25)21(12-7-6-10-17(21)22-20(26)28-2)18(24)23-13-11-16(14-23)15-8-4-3-5-9-15/h3-5,8-9,16-17H,6-7,10-14H2,1-2H3,(H,22,26)/t16-,17-,21-/m0/s1. The maximum Gasteiger partial charge on any atom is 0.407 e. The first-order valence-electron chi connectivity index (χ1n) is 9.80. The highest BCUT2D eigenvalue weighted by atomic mass is 16.5. The Bertz CT molecular complexity index is 723. The van der Waals surface area contributed by atoms with E-state index in [1.54, 1.807) is 4.90 Å². The average Bonchev–Trinajstić information content (AvgIpc) is 3.24. The zero-order chi connectivity index (χ0) is 20.1. The van der Waals surface area contributed by atoms with Crippen LogP contribution in [0.15, 0.2) is 30.3 Å². The van der Waals surface area contributed by atoms with E-state index in [1.165, 1.54) is 19.8 Å². The molecule has 1 aliphatic heterocycles. The van der Waals surface area contributed by atoms with E-state index in [2.05, 4.69) is 17.4 Å². The van der Waals surface area contributed by atoms with Crippen molar-refractivity contribution in [2.45, 2.75) is 44.1 Å². The van der Waals surface area contributed by atoms with Crippen LogP contribution in [0.5, 0.6) is 0 Å². The van der Waals surface area contributed by atoms with Crippen molar-refractivity contribution in [2.24, 2.45) is 5.41 Å². The van der Waals surface area contributed by atoms with E-state index < -0.39 is 23.5 Å². The third-order valence-corrected chi connectivity index (χ3v) is 6.06. The summed E-state index contributed by atoms with van der Waals surface area (Å²) >= 11 is 0. The molecule has 152 valence electrons. The molecule has 3 atom stereocenters. The second kappa shape index (κ2) is 8.63. The van der Waals surface area contributed by atoms with Gasteiger partial charge in [0.1, 0.15) is 0 Å². The van der Waals surface area contributed by atoms with E-state index in [0.29, 0.717) is 25.9 Å². The lowest BCUT2D eigenvalue weighted by Crippen LogP contribution is -2.61. The van der Waals surface area contributed by atoms with Crippen LogP contribution in [0.2, 0.25) is 0 Å². The van der Waals surface area contributed by atoms with Gasteiger partial charge >= 0.3 is 12.1 Å². The maximum absolute atomic E-state index is 13.6. The number of benzene rings is 1. The number of hydrogen-bond acceptors (Lipinski definition) is 5. The Morgan fingerprint density at radius 3 is 2.50 bits per heavy atom. The molecule has 7 heteroatoms. The van der Waals surface area contributed by atoms with Gasteiger partial charge in [-0.05, 0) is 24.8 Å². The van der Waals surface area contributed by atoms with Gasteiger partial charge in [0.25, 0.3) is 0 Å². The summed E-state index contributed by atoms with van der Waals surface area (Å²) < 4.78 is 9.76. The molecule has 1 aliphatic carbocycles. The molecule has 0 radical (unpaired) electrons. The van der Waals surface area contributed by atoms with Gasteiger partial charge in [0.05, 0.1) is 20.3 Å². The minimum Gasteiger partial charge on any atom is -0.468 e. The highest BCUT2D eigenvalue weighted by Crippen LogP contribution is 2.41. The van der Waals surface area contributed by atoms with Crippen molar-refractivity contribution in [2.75, 3.05) is 27.3 Å². The van der Waals surface area contributed by atoms with Crippen LogP contribution in [0.1, 0.15) is 43.6 Å². The van der Waals surface area contributed by atoms with Crippen molar-refractivity contribution in [1.29, 1.82) is 0 Å². The molecule has 28 heavy (non-hydrogen) atoms. The van der Waals surface area contributed by atoms with E-state index in [4.69, 9.17) is 9.47 Å². The quantitative estimate of drug-likeness (QED) is 0.633. The van der Waals surface area contributed by atoms with Gasteiger partial charge in [-0.25, -0.2) is 4.79 Å².